The second-order valence-electron chi connectivity index (χ2n) is 7.71. The van der Waals surface area contributed by atoms with Gasteiger partial charge in [-0.25, -0.2) is 0 Å². The molecule has 178 valence electrons. The first-order chi connectivity index (χ1) is 16.9. The van der Waals surface area contributed by atoms with Crippen LogP contribution in [0.2, 0.25) is 0 Å². The number of pyridine rings is 1. The number of aryl methyl sites for hydroxylation is 1. The van der Waals surface area contributed by atoms with Crippen LogP contribution in [0.5, 0.6) is 17.2 Å². The molecule has 8 heteroatoms. The van der Waals surface area contributed by atoms with Gasteiger partial charge in [-0.3, -0.25) is 14.6 Å². The Hall–Kier alpha value is -4.59. The maximum absolute atomic E-state index is 13.2. The Balaban J connectivity index is 1.64. The number of hydrogen-bond donors (Lipinski definition) is 2. The summed E-state index contributed by atoms with van der Waals surface area (Å²) in [5.74, 6) is 0.741. The molecule has 1 heterocycles. The zero-order chi connectivity index (χ0) is 24.9. The Kier molecular flexibility index (Phi) is 6.82. The smallest absolute Gasteiger partial charge is 0.257 e. The standard InChI is InChI=1S/C27H25N3O5/c1-16-20(13-18-12-19(33-2)10-11-21(18)28-16)27(32)30-23-15-24(34-3)22(14-25(23)35-4)29-26(31)17-8-6-5-7-9-17/h5-15H,1-4H3,(H,29,31)(H,30,32). The van der Waals surface area contributed by atoms with Crippen molar-refractivity contribution in [2.45, 2.75) is 6.92 Å². The first-order valence-corrected chi connectivity index (χ1v) is 10.8. The van der Waals surface area contributed by atoms with Gasteiger partial charge in [0.1, 0.15) is 17.2 Å². The number of ether oxygens (including phenoxy) is 3. The molecule has 4 aromatic rings. The van der Waals surface area contributed by atoms with Gasteiger partial charge in [0.25, 0.3) is 11.8 Å². The highest BCUT2D eigenvalue weighted by Crippen LogP contribution is 2.37. The fourth-order valence-corrected chi connectivity index (χ4v) is 3.67. The minimum absolute atomic E-state index is 0.295. The summed E-state index contributed by atoms with van der Waals surface area (Å²) in [4.78, 5) is 30.4. The zero-order valence-electron chi connectivity index (χ0n) is 19.8. The summed E-state index contributed by atoms with van der Waals surface area (Å²) in [7, 11) is 4.55. The van der Waals surface area contributed by atoms with E-state index in [0.717, 1.165) is 10.9 Å². The van der Waals surface area contributed by atoms with Crippen LogP contribution in [0, 0.1) is 6.92 Å². The van der Waals surface area contributed by atoms with Crippen molar-refractivity contribution < 1.29 is 23.8 Å². The zero-order valence-corrected chi connectivity index (χ0v) is 19.8. The van der Waals surface area contributed by atoms with Crippen LogP contribution >= 0.6 is 0 Å². The molecule has 0 saturated heterocycles. The van der Waals surface area contributed by atoms with Crippen molar-refractivity contribution >= 4 is 34.1 Å². The second-order valence-corrected chi connectivity index (χ2v) is 7.71. The summed E-state index contributed by atoms with van der Waals surface area (Å²) in [5, 5.41) is 6.48. The summed E-state index contributed by atoms with van der Waals surface area (Å²) in [5.41, 5.74) is 3.05. The lowest BCUT2D eigenvalue weighted by Gasteiger charge is -2.17. The van der Waals surface area contributed by atoms with Crippen molar-refractivity contribution in [3.63, 3.8) is 0 Å². The molecule has 3 aromatic carbocycles. The van der Waals surface area contributed by atoms with Gasteiger partial charge in [0, 0.05) is 23.1 Å². The van der Waals surface area contributed by atoms with Crippen molar-refractivity contribution in [3.8, 4) is 17.2 Å². The summed E-state index contributed by atoms with van der Waals surface area (Å²) in [6.07, 6.45) is 0. The normalized spacial score (nSPS) is 10.5. The average molecular weight is 472 g/mol. The number of aromatic nitrogens is 1. The molecule has 0 saturated carbocycles. The number of methoxy groups -OCH3 is 3. The molecule has 2 amide bonds. The molecule has 0 radical (unpaired) electrons. The van der Waals surface area contributed by atoms with Gasteiger partial charge < -0.3 is 24.8 Å². The van der Waals surface area contributed by atoms with E-state index in [0.29, 0.717) is 45.4 Å². The van der Waals surface area contributed by atoms with Crippen LogP contribution in [0.3, 0.4) is 0 Å². The molecule has 0 aliphatic carbocycles. The van der Waals surface area contributed by atoms with E-state index in [9.17, 15) is 9.59 Å². The topological polar surface area (TPSA) is 98.8 Å². The Morgan fingerprint density at radius 1 is 0.743 bits per heavy atom. The van der Waals surface area contributed by atoms with Gasteiger partial charge in [-0.15, -0.1) is 0 Å². The lowest BCUT2D eigenvalue weighted by atomic mass is 10.1. The summed E-state index contributed by atoms with van der Waals surface area (Å²) in [6.45, 7) is 1.78. The number of rotatable bonds is 7. The van der Waals surface area contributed by atoms with Gasteiger partial charge >= 0.3 is 0 Å². The van der Waals surface area contributed by atoms with E-state index >= 15 is 0 Å². The van der Waals surface area contributed by atoms with E-state index < -0.39 is 0 Å². The maximum Gasteiger partial charge on any atom is 0.257 e. The largest absolute Gasteiger partial charge is 0.497 e. The third-order valence-electron chi connectivity index (χ3n) is 5.51. The molecule has 0 spiro atoms. The first kappa shape index (κ1) is 23.6. The lowest BCUT2D eigenvalue weighted by Crippen LogP contribution is -2.16. The molecule has 2 N–H and O–H groups in total. The molecular formula is C27H25N3O5. The Labute approximate surface area is 202 Å². The number of hydrogen-bond acceptors (Lipinski definition) is 6. The quantitative estimate of drug-likeness (QED) is 0.390. The molecule has 4 rings (SSSR count). The van der Waals surface area contributed by atoms with E-state index in [-0.39, 0.29) is 11.8 Å². The predicted molar refractivity (Wildman–Crippen MR) is 135 cm³/mol. The van der Waals surface area contributed by atoms with E-state index in [2.05, 4.69) is 15.6 Å². The lowest BCUT2D eigenvalue weighted by molar-refractivity contribution is 0.101. The summed E-state index contributed by atoms with van der Waals surface area (Å²) >= 11 is 0. The van der Waals surface area contributed by atoms with Crippen LogP contribution in [0.15, 0.2) is 66.7 Å². The van der Waals surface area contributed by atoms with Crippen molar-refractivity contribution in [2.75, 3.05) is 32.0 Å². The molecular weight excluding hydrogens is 446 g/mol. The number of anilines is 2. The molecule has 0 aliphatic heterocycles. The highest BCUT2D eigenvalue weighted by atomic mass is 16.5. The SMILES string of the molecule is COc1ccc2nc(C)c(C(=O)Nc3cc(OC)c(NC(=O)c4ccccc4)cc3OC)cc2c1. The molecule has 35 heavy (non-hydrogen) atoms. The van der Waals surface area contributed by atoms with Crippen molar-refractivity contribution in [3.05, 3.63) is 83.6 Å². The fraction of sp³-hybridized carbons (Fsp3) is 0.148. The maximum atomic E-state index is 13.2. The highest BCUT2D eigenvalue weighted by Gasteiger charge is 2.18. The van der Waals surface area contributed by atoms with Crippen LogP contribution in [-0.4, -0.2) is 38.1 Å². The number of fused-ring (bicyclic) bond motifs is 1. The van der Waals surface area contributed by atoms with Gasteiger partial charge in [-0.1, -0.05) is 18.2 Å². The number of carbonyl (C=O) groups is 2. The van der Waals surface area contributed by atoms with Crippen LogP contribution in [0.4, 0.5) is 11.4 Å². The van der Waals surface area contributed by atoms with Crippen molar-refractivity contribution in [2.24, 2.45) is 0 Å². The van der Waals surface area contributed by atoms with E-state index in [1.807, 2.05) is 24.3 Å². The Morgan fingerprint density at radius 2 is 1.37 bits per heavy atom. The van der Waals surface area contributed by atoms with E-state index in [1.165, 1.54) is 14.2 Å². The van der Waals surface area contributed by atoms with Crippen LogP contribution in [0.25, 0.3) is 10.9 Å². The average Bonchev–Trinajstić information content (AvgIpc) is 2.88. The molecule has 1 aromatic heterocycles. The monoisotopic (exact) mass is 471 g/mol. The van der Waals surface area contributed by atoms with Gasteiger partial charge in [0.15, 0.2) is 0 Å². The molecule has 0 aliphatic rings. The number of amides is 2. The number of carbonyl (C=O) groups excluding carboxylic acids is 2. The van der Waals surface area contributed by atoms with Crippen LogP contribution < -0.4 is 24.8 Å². The summed E-state index contributed by atoms with van der Waals surface area (Å²) in [6, 6.07) is 19.3. The molecule has 0 bridgehead atoms. The minimum atomic E-state index is -0.360. The van der Waals surface area contributed by atoms with Gasteiger partial charge in [0.05, 0.1) is 49.5 Å². The number of benzene rings is 3. The van der Waals surface area contributed by atoms with Gasteiger partial charge in [-0.2, -0.15) is 0 Å². The first-order valence-electron chi connectivity index (χ1n) is 10.8. The van der Waals surface area contributed by atoms with Crippen LogP contribution in [0.1, 0.15) is 26.4 Å². The molecule has 0 fully saturated rings. The molecule has 0 unspecified atom stereocenters. The number of nitrogens with zero attached hydrogens (tertiary/aromatic N) is 1. The number of nitrogens with one attached hydrogen (secondary N) is 2. The Morgan fingerprint density at radius 3 is 1.97 bits per heavy atom. The highest BCUT2D eigenvalue weighted by molar-refractivity contribution is 6.09. The minimum Gasteiger partial charge on any atom is -0.497 e. The molecule has 0 atom stereocenters. The van der Waals surface area contributed by atoms with E-state index in [1.54, 1.807) is 56.5 Å². The third-order valence-corrected chi connectivity index (χ3v) is 5.51. The Bertz CT molecular complexity index is 1400. The van der Waals surface area contributed by atoms with E-state index in [4.69, 9.17) is 14.2 Å². The predicted octanol–water partition coefficient (Wildman–Crippen LogP) is 5.07. The van der Waals surface area contributed by atoms with Crippen molar-refractivity contribution in [1.29, 1.82) is 0 Å². The summed E-state index contributed by atoms with van der Waals surface area (Å²) < 4.78 is 16.2. The molecule has 8 nitrogen and oxygen atoms in total. The second kappa shape index (κ2) is 10.1. The van der Waals surface area contributed by atoms with Gasteiger partial charge in [-0.05, 0) is 43.3 Å². The van der Waals surface area contributed by atoms with Crippen molar-refractivity contribution in [1.82, 2.24) is 4.98 Å². The van der Waals surface area contributed by atoms with Gasteiger partial charge in [0.2, 0.25) is 0 Å². The third kappa shape index (κ3) is 5.01. The fourth-order valence-electron chi connectivity index (χ4n) is 3.67. The van der Waals surface area contributed by atoms with Crippen LogP contribution in [-0.2, 0) is 0 Å².